The van der Waals surface area contributed by atoms with Gasteiger partial charge in [-0.15, -0.1) is 0 Å². The van der Waals surface area contributed by atoms with E-state index in [9.17, 15) is 4.79 Å². The van der Waals surface area contributed by atoms with E-state index in [1.54, 1.807) is 0 Å². The van der Waals surface area contributed by atoms with E-state index in [2.05, 4.69) is 11.8 Å². The number of hydrogen-bond donors (Lipinski definition) is 1. The summed E-state index contributed by atoms with van der Waals surface area (Å²) < 4.78 is 5.61. The van der Waals surface area contributed by atoms with E-state index in [1.807, 2.05) is 29.2 Å². The number of piperazine rings is 1. The summed E-state index contributed by atoms with van der Waals surface area (Å²) in [6.07, 6.45) is 1.26. The highest BCUT2D eigenvalue weighted by Gasteiger charge is 2.19. The fourth-order valence-corrected chi connectivity index (χ4v) is 2.49. The van der Waals surface area contributed by atoms with Crippen molar-refractivity contribution in [1.82, 2.24) is 9.80 Å². The Kier molecular flexibility index (Phi) is 5.87. The van der Waals surface area contributed by atoms with E-state index >= 15 is 0 Å². The smallest absolute Gasteiger partial charge is 0.222 e. The molecule has 0 bridgehead atoms. The summed E-state index contributed by atoms with van der Waals surface area (Å²) >= 11 is 0. The molecule has 116 valence electrons. The maximum absolute atomic E-state index is 12.1. The van der Waals surface area contributed by atoms with Gasteiger partial charge in [-0.3, -0.25) is 4.79 Å². The molecular weight excluding hydrogens is 266 g/mol. The van der Waals surface area contributed by atoms with Gasteiger partial charge in [-0.25, -0.2) is 0 Å². The number of likely N-dealkylation sites (N-methyl/N-ethyl adjacent to an activating group) is 1. The van der Waals surface area contributed by atoms with E-state index < -0.39 is 0 Å². The normalized spacial score (nSPS) is 16.0. The lowest BCUT2D eigenvalue weighted by atomic mass is 10.2. The van der Waals surface area contributed by atoms with Gasteiger partial charge in [0, 0.05) is 32.6 Å². The summed E-state index contributed by atoms with van der Waals surface area (Å²) in [6.45, 7) is 7.41. The molecule has 0 radical (unpaired) electrons. The van der Waals surface area contributed by atoms with Crippen molar-refractivity contribution in [2.45, 2.75) is 19.8 Å². The number of nitrogens with zero attached hydrogens (tertiary/aromatic N) is 2. The Labute approximate surface area is 126 Å². The van der Waals surface area contributed by atoms with Crippen LogP contribution in [0.4, 0.5) is 5.69 Å². The highest BCUT2D eigenvalue weighted by molar-refractivity contribution is 5.76. The van der Waals surface area contributed by atoms with Crippen molar-refractivity contribution in [3.05, 3.63) is 24.3 Å². The van der Waals surface area contributed by atoms with E-state index in [1.165, 1.54) is 0 Å². The molecule has 1 aromatic rings. The summed E-state index contributed by atoms with van der Waals surface area (Å²) in [5.74, 6) is 0.928. The Balaban J connectivity index is 1.65. The molecule has 21 heavy (non-hydrogen) atoms. The van der Waals surface area contributed by atoms with Crippen LogP contribution in [0.15, 0.2) is 24.3 Å². The molecule has 5 heteroatoms. The van der Waals surface area contributed by atoms with Crippen molar-refractivity contribution >= 4 is 11.6 Å². The van der Waals surface area contributed by atoms with Crippen LogP contribution in [0, 0.1) is 0 Å². The van der Waals surface area contributed by atoms with Gasteiger partial charge in [0.25, 0.3) is 0 Å². The third kappa shape index (κ3) is 4.63. The van der Waals surface area contributed by atoms with E-state index in [4.69, 9.17) is 10.5 Å². The molecule has 1 aromatic carbocycles. The number of nitrogens with two attached hydrogens (primary N) is 1. The molecular formula is C16H25N3O2. The highest BCUT2D eigenvalue weighted by atomic mass is 16.5. The van der Waals surface area contributed by atoms with Crippen LogP contribution in [0.2, 0.25) is 0 Å². The number of carbonyl (C=O) groups is 1. The molecule has 1 amide bonds. The Bertz CT molecular complexity index is 457. The third-order valence-electron chi connectivity index (χ3n) is 3.88. The van der Waals surface area contributed by atoms with Crippen LogP contribution in [0.3, 0.4) is 0 Å². The maximum atomic E-state index is 12.1. The number of benzene rings is 1. The first-order valence-corrected chi connectivity index (χ1v) is 7.68. The number of rotatable bonds is 6. The molecule has 1 fully saturated rings. The van der Waals surface area contributed by atoms with Crippen molar-refractivity contribution in [1.29, 1.82) is 0 Å². The minimum atomic E-state index is 0.232. The van der Waals surface area contributed by atoms with Crippen LogP contribution in [0.1, 0.15) is 19.8 Å². The lowest BCUT2D eigenvalue weighted by Gasteiger charge is -2.34. The second-order valence-electron chi connectivity index (χ2n) is 5.30. The summed E-state index contributed by atoms with van der Waals surface area (Å²) in [7, 11) is 0. The number of hydrogen-bond acceptors (Lipinski definition) is 4. The summed E-state index contributed by atoms with van der Waals surface area (Å²) in [4.78, 5) is 16.4. The molecule has 0 atom stereocenters. The van der Waals surface area contributed by atoms with Gasteiger partial charge in [0.1, 0.15) is 5.75 Å². The minimum absolute atomic E-state index is 0.232. The Hall–Kier alpha value is -1.75. The number of carbonyl (C=O) groups excluding carboxylic acids is 1. The van der Waals surface area contributed by atoms with Crippen molar-refractivity contribution < 1.29 is 9.53 Å². The Morgan fingerprint density at radius 2 is 1.95 bits per heavy atom. The standard InChI is InChI=1S/C16H25N3O2/c1-2-18-9-11-19(12-10-18)16(20)8-5-13-21-15-7-4-3-6-14(15)17/h3-4,6-7H,2,5,8-13,17H2,1H3. The Morgan fingerprint density at radius 1 is 1.24 bits per heavy atom. The van der Waals surface area contributed by atoms with Crippen LogP contribution in [0.25, 0.3) is 0 Å². The highest BCUT2D eigenvalue weighted by Crippen LogP contribution is 2.19. The van der Waals surface area contributed by atoms with Crippen LogP contribution < -0.4 is 10.5 Å². The fraction of sp³-hybridized carbons (Fsp3) is 0.562. The van der Waals surface area contributed by atoms with Crippen molar-refractivity contribution in [3.8, 4) is 5.75 Å². The molecule has 0 aliphatic carbocycles. The number of amides is 1. The lowest BCUT2D eigenvalue weighted by molar-refractivity contribution is -0.133. The SMILES string of the molecule is CCN1CCN(C(=O)CCCOc2ccccc2N)CC1. The molecule has 1 heterocycles. The molecule has 1 saturated heterocycles. The second kappa shape index (κ2) is 7.88. The predicted molar refractivity (Wildman–Crippen MR) is 84.3 cm³/mol. The second-order valence-corrected chi connectivity index (χ2v) is 5.30. The van der Waals surface area contributed by atoms with Crippen LogP contribution in [-0.2, 0) is 4.79 Å². The van der Waals surface area contributed by atoms with Crippen molar-refractivity contribution in [2.75, 3.05) is 45.1 Å². The van der Waals surface area contributed by atoms with Crippen molar-refractivity contribution in [2.24, 2.45) is 0 Å². The molecule has 0 aromatic heterocycles. The van der Waals surface area contributed by atoms with Gasteiger partial charge in [-0.2, -0.15) is 0 Å². The first-order valence-electron chi connectivity index (χ1n) is 7.68. The maximum Gasteiger partial charge on any atom is 0.222 e. The zero-order valence-corrected chi connectivity index (χ0v) is 12.8. The largest absolute Gasteiger partial charge is 0.491 e. The van der Waals surface area contributed by atoms with Gasteiger partial charge < -0.3 is 20.3 Å². The van der Waals surface area contributed by atoms with Gasteiger partial charge >= 0.3 is 0 Å². The van der Waals surface area contributed by atoms with Gasteiger partial charge in [-0.1, -0.05) is 19.1 Å². The number of anilines is 1. The number of para-hydroxylation sites is 2. The third-order valence-corrected chi connectivity index (χ3v) is 3.88. The molecule has 0 spiro atoms. The zero-order valence-electron chi connectivity index (χ0n) is 12.8. The first kappa shape index (κ1) is 15.6. The van der Waals surface area contributed by atoms with E-state index in [0.29, 0.717) is 24.5 Å². The van der Waals surface area contributed by atoms with Crippen LogP contribution in [0.5, 0.6) is 5.75 Å². The van der Waals surface area contributed by atoms with E-state index in [-0.39, 0.29) is 5.91 Å². The summed E-state index contributed by atoms with van der Waals surface area (Å²) in [6, 6.07) is 7.43. The quantitative estimate of drug-likeness (QED) is 0.639. The molecule has 0 saturated carbocycles. The minimum Gasteiger partial charge on any atom is -0.491 e. The van der Waals surface area contributed by atoms with Gasteiger partial charge in [0.15, 0.2) is 0 Å². The fourth-order valence-electron chi connectivity index (χ4n) is 2.49. The van der Waals surface area contributed by atoms with Gasteiger partial charge in [-0.05, 0) is 25.1 Å². The Morgan fingerprint density at radius 3 is 2.62 bits per heavy atom. The lowest BCUT2D eigenvalue weighted by Crippen LogP contribution is -2.48. The average molecular weight is 291 g/mol. The molecule has 2 rings (SSSR count). The summed E-state index contributed by atoms with van der Waals surface area (Å²) in [5, 5.41) is 0. The monoisotopic (exact) mass is 291 g/mol. The molecule has 5 nitrogen and oxygen atoms in total. The van der Waals surface area contributed by atoms with Gasteiger partial charge in [0.2, 0.25) is 5.91 Å². The first-order chi connectivity index (χ1) is 10.2. The zero-order chi connectivity index (χ0) is 15.1. The number of ether oxygens (including phenoxy) is 1. The molecule has 2 N–H and O–H groups in total. The van der Waals surface area contributed by atoms with Crippen LogP contribution in [-0.4, -0.2) is 55.0 Å². The van der Waals surface area contributed by atoms with Gasteiger partial charge in [0.05, 0.1) is 12.3 Å². The topological polar surface area (TPSA) is 58.8 Å². The molecule has 1 aliphatic rings. The molecule has 1 aliphatic heterocycles. The van der Waals surface area contributed by atoms with Crippen molar-refractivity contribution in [3.63, 3.8) is 0 Å². The average Bonchev–Trinajstić information content (AvgIpc) is 2.53. The van der Waals surface area contributed by atoms with Crippen LogP contribution >= 0.6 is 0 Å². The predicted octanol–water partition coefficient (Wildman–Crippen LogP) is 1.59. The van der Waals surface area contributed by atoms with E-state index in [0.717, 1.165) is 39.1 Å². The molecule has 0 unspecified atom stereocenters. The summed E-state index contributed by atoms with van der Waals surface area (Å²) in [5.41, 5.74) is 6.44. The number of nitrogen functional groups attached to an aromatic ring is 1.